The zero-order chi connectivity index (χ0) is 35.3. The van der Waals surface area contributed by atoms with E-state index in [1.807, 2.05) is 0 Å². The number of benzene rings is 4. The van der Waals surface area contributed by atoms with Crippen molar-refractivity contribution in [1.29, 1.82) is 0 Å². The van der Waals surface area contributed by atoms with Gasteiger partial charge in [-0.1, -0.05) is 140 Å². The second-order valence-corrected chi connectivity index (χ2v) is 25.8. The molecular weight excluding hydrogens is 755 g/mol. The van der Waals surface area contributed by atoms with Crippen molar-refractivity contribution in [3.63, 3.8) is 0 Å². The first-order valence-electron chi connectivity index (χ1n) is 18.3. The van der Waals surface area contributed by atoms with Crippen LogP contribution in [0.25, 0.3) is 43.8 Å². The van der Waals surface area contributed by atoms with Gasteiger partial charge in [0.05, 0.1) is 0 Å². The standard InChI is InChI=1S/C25H29.C20H21.C2H6Si.2ClH.Zr/c1-25(2,3)22-14-12-19(13-15-22)23-11-7-10-20-16-21(17-24(20)23)18-8-5-4-6-9-18;1-14-12-16-6-5-7-18(19(16)13-14)15-8-10-17(11-9-15)20(2,3)4;1-3-2;;;/h7,10-18H,4-6,8-9H2,1-3H3;5-13H,1-4H3;1-2H3;2*1H;/q2*-1;;;;+2/p-2. The normalized spacial score (nSPS) is 13.3. The third kappa shape index (κ3) is 11.4. The molecule has 51 heavy (non-hydrogen) atoms. The smallest absolute Gasteiger partial charge is 0.0132 e. The van der Waals surface area contributed by atoms with E-state index < -0.39 is 0 Å². The van der Waals surface area contributed by atoms with Gasteiger partial charge in [0.15, 0.2) is 0 Å². The molecule has 0 heterocycles. The average Bonchev–Trinajstić information content (AvgIpc) is 3.68. The van der Waals surface area contributed by atoms with Crippen LogP contribution in [0.5, 0.6) is 0 Å². The van der Waals surface area contributed by atoms with E-state index in [1.165, 1.54) is 92.6 Å². The van der Waals surface area contributed by atoms with E-state index >= 15 is 0 Å². The molecule has 0 nitrogen and oxygen atoms in total. The van der Waals surface area contributed by atoms with Crippen LogP contribution in [-0.2, 0) is 34.2 Å². The number of hydrogen-bond donors (Lipinski definition) is 0. The summed E-state index contributed by atoms with van der Waals surface area (Å²) in [6.07, 6.45) is 6.95. The van der Waals surface area contributed by atoms with Crippen LogP contribution in [0, 0.1) is 6.92 Å². The van der Waals surface area contributed by atoms with Crippen LogP contribution in [0.4, 0.5) is 0 Å². The summed E-state index contributed by atoms with van der Waals surface area (Å²) in [5.41, 5.74) is 11.6. The van der Waals surface area contributed by atoms with Crippen molar-refractivity contribution in [2.45, 2.75) is 110 Å². The third-order valence-corrected chi connectivity index (χ3v) is 9.87. The van der Waals surface area contributed by atoms with Crippen LogP contribution >= 0.6 is 0 Å². The van der Waals surface area contributed by atoms with E-state index in [0.717, 1.165) is 5.92 Å². The fourth-order valence-electron chi connectivity index (χ4n) is 7.12. The topological polar surface area (TPSA) is 0 Å². The van der Waals surface area contributed by atoms with Gasteiger partial charge < -0.3 is 24.8 Å². The van der Waals surface area contributed by atoms with Gasteiger partial charge in [0.1, 0.15) is 0 Å². The van der Waals surface area contributed by atoms with Crippen molar-refractivity contribution in [3.8, 4) is 22.3 Å². The van der Waals surface area contributed by atoms with Crippen LogP contribution in [0.3, 0.4) is 0 Å². The molecule has 0 spiro atoms. The van der Waals surface area contributed by atoms with Crippen molar-refractivity contribution in [3.05, 3.63) is 131 Å². The Hall–Kier alpha value is -2.22. The van der Waals surface area contributed by atoms with Crippen LogP contribution < -0.4 is 24.8 Å². The van der Waals surface area contributed by atoms with Gasteiger partial charge in [0.2, 0.25) is 0 Å². The van der Waals surface area contributed by atoms with E-state index in [-0.39, 0.29) is 41.1 Å². The van der Waals surface area contributed by atoms with Gasteiger partial charge >= 0.3 is 41.9 Å². The molecule has 0 saturated heterocycles. The summed E-state index contributed by atoms with van der Waals surface area (Å²) in [5.74, 6) is 0.775. The first kappa shape index (κ1) is 43.2. The van der Waals surface area contributed by atoms with Gasteiger partial charge in [-0.2, -0.15) is 12.1 Å². The average molecular weight is 811 g/mol. The van der Waals surface area contributed by atoms with Gasteiger partial charge in [0, 0.05) is 0 Å². The van der Waals surface area contributed by atoms with Crippen molar-refractivity contribution >= 4 is 27.0 Å². The van der Waals surface area contributed by atoms with Gasteiger partial charge in [0.25, 0.3) is 0 Å². The fraction of sp³-hybridized carbons (Fsp3) is 0.362. The summed E-state index contributed by atoms with van der Waals surface area (Å²) in [7, 11) is 0. The summed E-state index contributed by atoms with van der Waals surface area (Å²) in [6, 6.07) is 40.9. The molecule has 0 unspecified atom stereocenters. The van der Waals surface area contributed by atoms with Crippen LogP contribution in [0.2, 0.25) is 13.1 Å². The molecule has 0 bridgehead atoms. The summed E-state index contributed by atoms with van der Waals surface area (Å²) in [5, 5.41) is 5.51. The maximum Gasteiger partial charge on any atom is -0.0132 e. The zero-order valence-electron chi connectivity index (χ0n) is 32.3. The molecular formula is C47H56Cl2SiZr-2. The minimum absolute atomic E-state index is 0. The number of aryl methyl sites for hydroxylation is 1. The summed E-state index contributed by atoms with van der Waals surface area (Å²) < 4.78 is 0. The van der Waals surface area contributed by atoms with Gasteiger partial charge in [-0.25, -0.2) is 0 Å². The quantitative estimate of drug-likeness (QED) is 0.125. The Morgan fingerprint density at radius 3 is 1.43 bits per heavy atom. The van der Waals surface area contributed by atoms with Gasteiger partial charge in [-0.15, -0.1) is 69.1 Å². The Morgan fingerprint density at radius 1 is 0.588 bits per heavy atom. The first-order chi connectivity index (χ1) is 23.2. The van der Waals surface area contributed by atoms with Crippen molar-refractivity contribution in [2.75, 3.05) is 0 Å². The molecule has 0 atom stereocenters. The molecule has 0 aliphatic heterocycles. The molecule has 1 saturated carbocycles. The maximum atomic E-state index is 2.47. The Labute approximate surface area is 336 Å². The Kier molecular flexibility index (Phi) is 15.8. The van der Waals surface area contributed by atoms with E-state index in [4.69, 9.17) is 0 Å². The van der Waals surface area contributed by atoms with Crippen LogP contribution in [-0.4, -0.2) is 5.43 Å². The summed E-state index contributed by atoms with van der Waals surface area (Å²) >= 11 is 1.74. The monoisotopic (exact) mass is 808 g/mol. The Morgan fingerprint density at radius 2 is 1.00 bits per heavy atom. The molecule has 7 rings (SSSR count). The first-order valence-corrected chi connectivity index (χ1v) is 24.5. The van der Waals surface area contributed by atoms with E-state index in [9.17, 15) is 0 Å². The Bertz CT molecular complexity index is 1990. The zero-order valence-corrected chi connectivity index (χ0v) is 37.2. The largest absolute Gasteiger partial charge is 1.00 e. The predicted molar refractivity (Wildman–Crippen MR) is 215 cm³/mol. The molecule has 6 aromatic carbocycles. The van der Waals surface area contributed by atoms with Crippen molar-refractivity contribution in [1.82, 2.24) is 0 Å². The minimum Gasteiger partial charge on any atom is -1.00 e. The molecule has 6 aromatic rings. The molecule has 1 fully saturated rings. The van der Waals surface area contributed by atoms with Crippen molar-refractivity contribution < 1.29 is 48.1 Å². The SMILES string of the molecule is CC(C)(C)c1ccc(-c2cccc3[cH-]c(C4CCCCC4)cc23)cc1.C[Si](C)=[Zr+2].Cc1cc2c(-c3ccc(C(C)(C)C)cc3)cccc2[cH-]1.[Cl-].[Cl-]. The number of rotatable bonds is 3. The molecule has 0 radical (unpaired) electrons. The second-order valence-electron chi connectivity index (χ2n) is 16.4. The molecule has 0 aromatic heterocycles. The van der Waals surface area contributed by atoms with Crippen LogP contribution in [0.15, 0.2) is 109 Å². The number of halogens is 2. The molecule has 0 N–H and O–H groups in total. The molecule has 268 valence electrons. The molecule has 1 aliphatic rings. The van der Waals surface area contributed by atoms with Gasteiger partial charge in [-0.05, 0) is 51.8 Å². The molecule has 4 heteroatoms. The summed E-state index contributed by atoms with van der Waals surface area (Å²) in [4.78, 5) is 0. The minimum atomic E-state index is 0. The van der Waals surface area contributed by atoms with E-state index in [2.05, 4.69) is 171 Å². The third-order valence-electron chi connectivity index (χ3n) is 9.87. The van der Waals surface area contributed by atoms with Crippen molar-refractivity contribution in [2.24, 2.45) is 0 Å². The Balaban J connectivity index is 0.000000245. The predicted octanol–water partition coefficient (Wildman–Crippen LogP) is 8.19. The van der Waals surface area contributed by atoms with E-state index in [0.29, 0.717) is 0 Å². The molecule has 1 aliphatic carbocycles. The maximum absolute atomic E-state index is 2.47. The second kappa shape index (κ2) is 18.7. The number of fused-ring (bicyclic) bond motifs is 2. The number of hydrogen-bond acceptors (Lipinski definition) is 0. The summed E-state index contributed by atoms with van der Waals surface area (Å²) in [6.45, 7) is 20.4. The van der Waals surface area contributed by atoms with Gasteiger partial charge in [-0.3, -0.25) is 0 Å². The fourth-order valence-corrected chi connectivity index (χ4v) is 7.12. The van der Waals surface area contributed by atoms with E-state index in [1.54, 1.807) is 28.9 Å². The van der Waals surface area contributed by atoms with Crippen LogP contribution in [0.1, 0.15) is 102 Å². The molecule has 0 amide bonds.